The van der Waals surface area contributed by atoms with E-state index in [1.165, 1.54) is 12.8 Å². The second kappa shape index (κ2) is 4.17. The average Bonchev–Trinajstić information content (AvgIpc) is 2.50. The van der Waals surface area contributed by atoms with Crippen molar-refractivity contribution in [3.05, 3.63) is 0 Å². The summed E-state index contributed by atoms with van der Waals surface area (Å²) in [6.07, 6.45) is 2.52. The maximum atomic E-state index is 9.94. The molecule has 1 unspecified atom stereocenters. The summed E-state index contributed by atoms with van der Waals surface area (Å²) in [5.41, 5.74) is -0.928. The summed E-state index contributed by atoms with van der Waals surface area (Å²) in [6, 6.07) is 0.580. The molecule has 3 heteroatoms. The van der Waals surface area contributed by atoms with E-state index in [1.807, 2.05) is 27.7 Å². The van der Waals surface area contributed by atoms with Crippen LogP contribution < -0.4 is 10.6 Å². The van der Waals surface area contributed by atoms with Gasteiger partial charge in [0.25, 0.3) is 0 Å². The summed E-state index contributed by atoms with van der Waals surface area (Å²) in [5, 5.41) is 16.8. The standard InChI is InChI=1S/C11H24N2O/c1-10(2,11(3,4)14)13-8-9-6-5-7-12-9/h9,12-14H,5-8H2,1-4H3. The predicted octanol–water partition coefficient (Wildman–Crippen LogP) is 0.877. The van der Waals surface area contributed by atoms with Gasteiger partial charge in [0.05, 0.1) is 5.60 Å². The molecular weight excluding hydrogens is 176 g/mol. The van der Waals surface area contributed by atoms with Gasteiger partial charge in [0.15, 0.2) is 0 Å². The molecule has 1 rings (SSSR count). The molecule has 1 saturated heterocycles. The molecule has 0 radical (unpaired) electrons. The van der Waals surface area contributed by atoms with Crippen LogP contribution in [0.1, 0.15) is 40.5 Å². The first-order valence-corrected chi connectivity index (χ1v) is 5.54. The molecule has 0 aromatic heterocycles. The Kier molecular flexibility index (Phi) is 3.56. The molecule has 0 aromatic carbocycles. The topological polar surface area (TPSA) is 44.3 Å². The minimum absolute atomic E-state index is 0.239. The predicted molar refractivity (Wildman–Crippen MR) is 59.4 cm³/mol. The van der Waals surface area contributed by atoms with Crippen LogP contribution in [0.2, 0.25) is 0 Å². The first-order chi connectivity index (χ1) is 6.33. The third kappa shape index (κ3) is 2.94. The second-order valence-electron chi connectivity index (χ2n) is 5.36. The van der Waals surface area contributed by atoms with Gasteiger partial charge < -0.3 is 15.7 Å². The summed E-state index contributed by atoms with van der Waals surface area (Å²) >= 11 is 0. The Morgan fingerprint density at radius 2 is 2.00 bits per heavy atom. The Morgan fingerprint density at radius 1 is 1.36 bits per heavy atom. The Hall–Kier alpha value is -0.120. The molecule has 1 heterocycles. The highest BCUT2D eigenvalue weighted by Gasteiger charge is 2.34. The largest absolute Gasteiger partial charge is 0.389 e. The van der Waals surface area contributed by atoms with Crippen LogP contribution in [0.15, 0.2) is 0 Å². The van der Waals surface area contributed by atoms with Crippen molar-refractivity contribution in [2.24, 2.45) is 0 Å². The van der Waals surface area contributed by atoms with E-state index < -0.39 is 5.60 Å². The van der Waals surface area contributed by atoms with Crippen molar-refractivity contribution in [3.8, 4) is 0 Å². The summed E-state index contributed by atoms with van der Waals surface area (Å²) in [4.78, 5) is 0. The van der Waals surface area contributed by atoms with Crippen LogP contribution in [0.4, 0.5) is 0 Å². The van der Waals surface area contributed by atoms with Crippen LogP contribution in [0.5, 0.6) is 0 Å². The monoisotopic (exact) mass is 200 g/mol. The minimum Gasteiger partial charge on any atom is -0.389 e. The Morgan fingerprint density at radius 3 is 2.43 bits per heavy atom. The highest BCUT2D eigenvalue weighted by atomic mass is 16.3. The average molecular weight is 200 g/mol. The van der Waals surface area contributed by atoms with Crippen molar-refractivity contribution in [1.29, 1.82) is 0 Å². The van der Waals surface area contributed by atoms with Crippen LogP contribution in [0.3, 0.4) is 0 Å². The Bertz CT molecular complexity index is 178. The van der Waals surface area contributed by atoms with E-state index in [1.54, 1.807) is 0 Å². The number of rotatable bonds is 4. The maximum Gasteiger partial charge on any atom is 0.0767 e. The number of aliphatic hydroxyl groups is 1. The minimum atomic E-state index is -0.689. The van der Waals surface area contributed by atoms with E-state index in [2.05, 4.69) is 10.6 Å². The smallest absolute Gasteiger partial charge is 0.0767 e. The van der Waals surface area contributed by atoms with Gasteiger partial charge in [0.2, 0.25) is 0 Å². The van der Waals surface area contributed by atoms with Crippen molar-refractivity contribution < 1.29 is 5.11 Å². The lowest BCUT2D eigenvalue weighted by molar-refractivity contribution is -0.00508. The van der Waals surface area contributed by atoms with Crippen LogP contribution >= 0.6 is 0 Å². The second-order valence-corrected chi connectivity index (χ2v) is 5.36. The maximum absolute atomic E-state index is 9.94. The van der Waals surface area contributed by atoms with Gasteiger partial charge in [0.1, 0.15) is 0 Å². The summed E-state index contributed by atoms with van der Waals surface area (Å²) in [6.45, 7) is 9.86. The third-order valence-corrected chi connectivity index (χ3v) is 3.48. The molecule has 1 aliphatic rings. The van der Waals surface area contributed by atoms with Crippen molar-refractivity contribution in [1.82, 2.24) is 10.6 Å². The molecule has 3 nitrogen and oxygen atoms in total. The van der Waals surface area contributed by atoms with E-state index in [0.717, 1.165) is 13.1 Å². The van der Waals surface area contributed by atoms with E-state index in [0.29, 0.717) is 6.04 Å². The SMILES string of the molecule is CC(C)(O)C(C)(C)NCC1CCCN1. The van der Waals surface area contributed by atoms with E-state index in [-0.39, 0.29) is 5.54 Å². The lowest BCUT2D eigenvalue weighted by Gasteiger charge is -2.39. The van der Waals surface area contributed by atoms with Crippen molar-refractivity contribution >= 4 is 0 Å². The lowest BCUT2D eigenvalue weighted by Crippen LogP contribution is -2.58. The summed E-state index contributed by atoms with van der Waals surface area (Å²) in [5.74, 6) is 0. The van der Waals surface area contributed by atoms with Crippen LogP contribution in [0.25, 0.3) is 0 Å². The van der Waals surface area contributed by atoms with Gasteiger partial charge in [-0.2, -0.15) is 0 Å². The molecule has 84 valence electrons. The third-order valence-electron chi connectivity index (χ3n) is 3.48. The zero-order chi connectivity index (χ0) is 10.8. The van der Waals surface area contributed by atoms with Crippen LogP contribution in [-0.4, -0.2) is 35.4 Å². The molecule has 0 saturated carbocycles. The normalized spacial score (nSPS) is 24.2. The van der Waals surface area contributed by atoms with Gasteiger partial charge in [-0.05, 0) is 47.1 Å². The molecule has 0 amide bonds. The quantitative estimate of drug-likeness (QED) is 0.631. The van der Waals surface area contributed by atoms with Crippen molar-refractivity contribution in [2.75, 3.05) is 13.1 Å². The molecule has 0 aliphatic carbocycles. The van der Waals surface area contributed by atoms with E-state index in [4.69, 9.17) is 0 Å². The Balaban J connectivity index is 2.35. The van der Waals surface area contributed by atoms with Gasteiger partial charge >= 0.3 is 0 Å². The molecule has 0 spiro atoms. The van der Waals surface area contributed by atoms with Gasteiger partial charge in [0, 0.05) is 18.1 Å². The highest BCUT2D eigenvalue weighted by Crippen LogP contribution is 2.20. The molecule has 0 bridgehead atoms. The van der Waals surface area contributed by atoms with Gasteiger partial charge in [-0.3, -0.25) is 0 Å². The first-order valence-electron chi connectivity index (χ1n) is 5.54. The molecule has 0 aromatic rings. The Labute approximate surface area is 87.3 Å². The highest BCUT2D eigenvalue weighted by molar-refractivity contribution is 4.94. The van der Waals surface area contributed by atoms with Gasteiger partial charge in [-0.25, -0.2) is 0 Å². The fourth-order valence-corrected chi connectivity index (χ4v) is 1.53. The number of nitrogens with one attached hydrogen (secondary N) is 2. The molecule has 3 N–H and O–H groups in total. The fourth-order valence-electron chi connectivity index (χ4n) is 1.53. The van der Waals surface area contributed by atoms with Gasteiger partial charge in [-0.15, -0.1) is 0 Å². The summed E-state index contributed by atoms with van der Waals surface area (Å²) in [7, 11) is 0. The summed E-state index contributed by atoms with van der Waals surface area (Å²) < 4.78 is 0. The van der Waals surface area contributed by atoms with Crippen LogP contribution in [-0.2, 0) is 0 Å². The van der Waals surface area contributed by atoms with E-state index >= 15 is 0 Å². The molecule has 1 fully saturated rings. The molecule has 1 aliphatic heterocycles. The van der Waals surface area contributed by atoms with Crippen LogP contribution in [0, 0.1) is 0 Å². The van der Waals surface area contributed by atoms with Crippen molar-refractivity contribution in [3.63, 3.8) is 0 Å². The zero-order valence-electron chi connectivity index (χ0n) is 9.85. The number of hydrogen-bond donors (Lipinski definition) is 3. The molecular formula is C11H24N2O. The van der Waals surface area contributed by atoms with Gasteiger partial charge in [-0.1, -0.05) is 0 Å². The molecule has 14 heavy (non-hydrogen) atoms. The number of hydrogen-bond acceptors (Lipinski definition) is 3. The van der Waals surface area contributed by atoms with E-state index in [9.17, 15) is 5.11 Å². The zero-order valence-corrected chi connectivity index (χ0v) is 9.85. The van der Waals surface area contributed by atoms with Crippen molar-refractivity contribution in [2.45, 2.75) is 57.7 Å². The molecule has 1 atom stereocenters. The first kappa shape index (κ1) is 12.0. The lowest BCUT2D eigenvalue weighted by atomic mass is 9.86. The fraction of sp³-hybridized carbons (Fsp3) is 1.00.